The topological polar surface area (TPSA) is 78.9 Å². The van der Waals surface area contributed by atoms with Gasteiger partial charge in [0.25, 0.3) is 0 Å². The van der Waals surface area contributed by atoms with E-state index in [0.29, 0.717) is 19.3 Å². The molecule has 0 aliphatic heterocycles. The number of hydrogen-bond acceptors (Lipinski definition) is 6. The Morgan fingerprint density at radius 3 is 0.863 bits per heavy atom. The van der Waals surface area contributed by atoms with Crippen molar-refractivity contribution in [3.8, 4) is 0 Å². The summed E-state index contributed by atoms with van der Waals surface area (Å²) in [5.74, 6) is -0.938. The standard InChI is InChI=1S/C67H108O6/c1-4-7-10-13-16-18-20-22-23-24-25-26-27-28-29-30-31-32-33-34-35-36-37-38-39-40-41-42-43-45-46-48-51-54-57-60-66(69)72-63-64(62-71-65(68)59-56-53-50-15-12-9-6-3)73-67(70)61-58-55-52-49-47-44-21-19-17-14-11-8-5-2/h7,10,16,18-19,21-23,25-26,28-29,31-32,34-35,37-38,40-41,43,45,64H,4-6,8-9,11-15,17,20,24,27,30,33,36,39,42,44,46-63H2,1-3H3/b10-7-,18-16-,21-19-,23-22-,26-25-,29-28-,32-31-,35-34-,38-37-,41-40-,45-43-. The van der Waals surface area contributed by atoms with E-state index >= 15 is 0 Å². The number of rotatable bonds is 52. The normalized spacial score (nSPS) is 13.1. The molecule has 1 unspecified atom stereocenters. The number of carbonyl (C=O) groups excluding carboxylic acids is 3. The van der Waals surface area contributed by atoms with Crippen molar-refractivity contribution in [2.75, 3.05) is 13.2 Å². The molecule has 1 atom stereocenters. The van der Waals surface area contributed by atoms with Crippen molar-refractivity contribution in [2.24, 2.45) is 0 Å². The Kier molecular flexibility index (Phi) is 56.4. The van der Waals surface area contributed by atoms with Crippen LogP contribution >= 0.6 is 0 Å². The molecule has 0 heterocycles. The van der Waals surface area contributed by atoms with Crippen LogP contribution in [0.5, 0.6) is 0 Å². The third-order valence-electron chi connectivity index (χ3n) is 12.1. The van der Waals surface area contributed by atoms with E-state index in [9.17, 15) is 14.4 Å². The van der Waals surface area contributed by atoms with Gasteiger partial charge in [-0.05, 0) is 122 Å². The van der Waals surface area contributed by atoms with Crippen LogP contribution < -0.4 is 0 Å². The molecule has 0 aliphatic carbocycles. The van der Waals surface area contributed by atoms with Gasteiger partial charge in [-0.2, -0.15) is 0 Å². The lowest BCUT2D eigenvalue weighted by molar-refractivity contribution is -0.167. The fourth-order valence-corrected chi connectivity index (χ4v) is 7.70. The Labute approximate surface area is 449 Å². The van der Waals surface area contributed by atoms with Crippen molar-refractivity contribution >= 4 is 17.9 Å². The van der Waals surface area contributed by atoms with Crippen molar-refractivity contribution < 1.29 is 28.6 Å². The maximum Gasteiger partial charge on any atom is 0.306 e. The molecule has 6 nitrogen and oxygen atoms in total. The SMILES string of the molecule is CC/C=C\C/C=C\C/C=C\C/C=C\C/C=C\C/C=C\C/C=C\C/C=C\C/C=C\C/C=C\CCCCCCC(=O)OCC(COC(=O)CCCCCCCCC)OC(=O)CCCCCCC/C=C\CCCCCC. The summed E-state index contributed by atoms with van der Waals surface area (Å²) in [5, 5.41) is 0. The lowest BCUT2D eigenvalue weighted by atomic mass is 10.1. The van der Waals surface area contributed by atoms with E-state index in [-0.39, 0.29) is 31.1 Å². The highest BCUT2D eigenvalue weighted by molar-refractivity contribution is 5.71. The summed E-state index contributed by atoms with van der Waals surface area (Å²) in [6.45, 7) is 6.42. The second-order valence-corrected chi connectivity index (χ2v) is 19.2. The van der Waals surface area contributed by atoms with Crippen molar-refractivity contribution in [1.29, 1.82) is 0 Å². The van der Waals surface area contributed by atoms with Gasteiger partial charge in [0.05, 0.1) is 0 Å². The van der Waals surface area contributed by atoms with Gasteiger partial charge in [-0.3, -0.25) is 14.4 Å². The first-order valence-corrected chi connectivity index (χ1v) is 29.7. The first kappa shape index (κ1) is 68.6. The predicted molar refractivity (Wildman–Crippen MR) is 316 cm³/mol. The molecule has 0 aliphatic rings. The zero-order valence-corrected chi connectivity index (χ0v) is 47.1. The van der Waals surface area contributed by atoms with Gasteiger partial charge in [-0.15, -0.1) is 0 Å². The van der Waals surface area contributed by atoms with Gasteiger partial charge < -0.3 is 14.2 Å². The Hall–Kier alpha value is -4.45. The predicted octanol–water partition coefficient (Wildman–Crippen LogP) is 20.2. The Bertz CT molecular complexity index is 1580. The van der Waals surface area contributed by atoms with Crippen LogP contribution in [0.3, 0.4) is 0 Å². The van der Waals surface area contributed by atoms with Gasteiger partial charge in [0.2, 0.25) is 0 Å². The third-order valence-corrected chi connectivity index (χ3v) is 12.1. The molecule has 0 spiro atoms. The van der Waals surface area contributed by atoms with E-state index in [1.165, 1.54) is 64.2 Å². The molecule has 73 heavy (non-hydrogen) atoms. The van der Waals surface area contributed by atoms with Gasteiger partial charge in [0.15, 0.2) is 6.10 Å². The van der Waals surface area contributed by atoms with Crippen LogP contribution in [-0.2, 0) is 28.6 Å². The molecule has 6 heteroatoms. The molecule has 0 radical (unpaired) electrons. The van der Waals surface area contributed by atoms with Gasteiger partial charge >= 0.3 is 17.9 Å². The molecule has 0 amide bonds. The first-order valence-electron chi connectivity index (χ1n) is 29.7. The molecule has 0 N–H and O–H groups in total. The molecular formula is C67H108O6. The monoisotopic (exact) mass is 1010 g/mol. The van der Waals surface area contributed by atoms with Crippen LogP contribution in [0.15, 0.2) is 134 Å². The number of carbonyl (C=O) groups is 3. The second kappa shape index (κ2) is 60.1. The van der Waals surface area contributed by atoms with E-state index in [1.54, 1.807) is 0 Å². The highest BCUT2D eigenvalue weighted by atomic mass is 16.6. The molecule has 0 aromatic rings. The number of hydrogen-bond donors (Lipinski definition) is 0. The maximum atomic E-state index is 12.8. The third kappa shape index (κ3) is 58.3. The Balaban J connectivity index is 4.18. The van der Waals surface area contributed by atoms with Crippen molar-refractivity contribution in [1.82, 2.24) is 0 Å². The molecule has 0 saturated heterocycles. The quantitative estimate of drug-likeness (QED) is 0.0261. The zero-order chi connectivity index (χ0) is 52.9. The van der Waals surface area contributed by atoms with E-state index < -0.39 is 6.10 Å². The minimum absolute atomic E-state index is 0.0913. The molecule has 0 aromatic carbocycles. The minimum atomic E-state index is -0.792. The average Bonchev–Trinajstić information content (AvgIpc) is 3.39. The summed E-state index contributed by atoms with van der Waals surface area (Å²) < 4.78 is 16.7. The van der Waals surface area contributed by atoms with Gasteiger partial charge in [-0.1, -0.05) is 244 Å². The second-order valence-electron chi connectivity index (χ2n) is 19.2. The first-order chi connectivity index (χ1) is 36.0. The molecule has 0 bridgehead atoms. The maximum absolute atomic E-state index is 12.8. The molecule has 412 valence electrons. The van der Waals surface area contributed by atoms with Crippen LogP contribution in [0.25, 0.3) is 0 Å². The molecule has 0 saturated carbocycles. The molecular weight excluding hydrogens is 901 g/mol. The largest absolute Gasteiger partial charge is 0.462 e. The summed E-state index contributed by atoms with van der Waals surface area (Å²) in [7, 11) is 0. The van der Waals surface area contributed by atoms with Crippen LogP contribution in [-0.4, -0.2) is 37.2 Å². The smallest absolute Gasteiger partial charge is 0.306 e. The van der Waals surface area contributed by atoms with Crippen LogP contribution in [0.4, 0.5) is 0 Å². The van der Waals surface area contributed by atoms with Gasteiger partial charge in [0.1, 0.15) is 13.2 Å². The molecule has 0 fully saturated rings. The summed E-state index contributed by atoms with van der Waals surface area (Å²) in [6, 6.07) is 0. The Morgan fingerprint density at radius 2 is 0.534 bits per heavy atom. The lowest BCUT2D eigenvalue weighted by Crippen LogP contribution is -2.30. The fraction of sp³-hybridized carbons (Fsp3) is 0.627. The van der Waals surface area contributed by atoms with E-state index in [4.69, 9.17) is 14.2 Å². The van der Waals surface area contributed by atoms with Crippen LogP contribution in [0, 0.1) is 0 Å². The number of unbranched alkanes of at least 4 members (excludes halogenated alkanes) is 19. The number of allylic oxidation sites excluding steroid dienone is 22. The lowest BCUT2D eigenvalue weighted by Gasteiger charge is -2.18. The van der Waals surface area contributed by atoms with Crippen LogP contribution in [0.2, 0.25) is 0 Å². The van der Waals surface area contributed by atoms with Gasteiger partial charge in [0, 0.05) is 19.3 Å². The zero-order valence-electron chi connectivity index (χ0n) is 47.1. The molecule has 0 rings (SSSR count). The van der Waals surface area contributed by atoms with Crippen LogP contribution in [0.1, 0.15) is 252 Å². The minimum Gasteiger partial charge on any atom is -0.462 e. The number of esters is 3. The average molecular weight is 1010 g/mol. The molecule has 0 aromatic heterocycles. The summed E-state index contributed by atoms with van der Waals surface area (Å²) in [6.07, 6.45) is 84.8. The van der Waals surface area contributed by atoms with Gasteiger partial charge in [-0.25, -0.2) is 0 Å². The van der Waals surface area contributed by atoms with Crippen molar-refractivity contribution in [3.63, 3.8) is 0 Å². The van der Waals surface area contributed by atoms with Crippen molar-refractivity contribution in [3.05, 3.63) is 134 Å². The highest BCUT2D eigenvalue weighted by Crippen LogP contribution is 2.13. The highest BCUT2D eigenvalue weighted by Gasteiger charge is 2.19. The summed E-state index contributed by atoms with van der Waals surface area (Å²) in [5.41, 5.74) is 0. The van der Waals surface area contributed by atoms with Crippen molar-refractivity contribution in [2.45, 2.75) is 258 Å². The summed E-state index contributed by atoms with van der Waals surface area (Å²) in [4.78, 5) is 37.9. The summed E-state index contributed by atoms with van der Waals surface area (Å²) >= 11 is 0. The van der Waals surface area contributed by atoms with E-state index in [2.05, 4.69) is 154 Å². The van der Waals surface area contributed by atoms with E-state index in [1.807, 2.05) is 0 Å². The fourth-order valence-electron chi connectivity index (χ4n) is 7.70. The van der Waals surface area contributed by atoms with E-state index in [0.717, 1.165) is 148 Å². The Morgan fingerprint density at radius 1 is 0.288 bits per heavy atom. The number of ether oxygens (including phenoxy) is 3.